The van der Waals surface area contributed by atoms with Gasteiger partial charge in [0.1, 0.15) is 22.9 Å². The number of halogens is 2. The summed E-state index contributed by atoms with van der Waals surface area (Å²) in [6.07, 6.45) is 1.23. The largest absolute Gasteiger partial charge is 0.320 e. The van der Waals surface area contributed by atoms with Crippen molar-refractivity contribution >= 4 is 40.0 Å². The lowest BCUT2D eigenvalue weighted by Gasteiger charge is -2.10. The minimum atomic E-state index is -2.21. The number of carbonyl (C=O) groups excluding carboxylic acids is 2. The molecule has 1 unspecified atom stereocenters. The van der Waals surface area contributed by atoms with E-state index < -0.39 is 34.1 Å². The molecule has 0 radical (unpaired) electrons. The normalized spacial score (nSPS) is 11.4. The first-order valence-corrected chi connectivity index (χ1v) is 9.93. The Morgan fingerprint density at radius 2 is 1.70 bits per heavy atom. The average molecular weight is 431 g/mol. The highest BCUT2D eigenvalue weighted by molar-refractivity contribution is 7.86. The first-order chi connectivity index (χ1) is 14.3. The molecule has 154 valence electrons. The number of amides is 2. The molecule has 3 aromatic rings. The third kappa shape index (κ3) is 5.03. The van der Waals surface area contributed by atoms with E-state index in [0.29, 0.717) is 4.90 Å². The fourth-order valence-corrected chi connectivity index (χ4v) is 3.46. The van der Waals surface area contributed by atoms with E-state index in [0.717, 1.165) is 12.1 Å². The second-order valence-corrected chi connectivity index (χ2v) is 7.42. The van der Waals surface area contributed by atoms with Gasteiger partial charge in [-0.25, -0.2) is 18.5 Å². The SMILES string of the molecule is CC(=O)Nc1ccc(NC(=O)c2c(F)ccc(N[SH+](=O)c3ccccc3)c2F)cn1. The van der Waals surface area contributed by atoms with Crippen molar-refractivity contribution in [3.05, 3.63) is 78.0 Å². The van der Waals surface area contributed by atoms with Crippen LogP contribution in [0.4, 0.5) is 26.0 Å². The lowest BCUT2D eigenvalue weighted by atomic mass is 10.1. The van der Waals surface area contributed by atoms with Gasteiger partial charge < -0.3 is 10.6 Å². The first kappa shape index (κ1) is 21.1. The van der Waals surface area contributed by atoms with Gasteiger partial charge in [-0.3, -0.25) is 9.59 Å². The van der Waals surface area contributed by atoms with Crippen LogP contribution >= 0.6 is 0 Å². The van der Waals surface area contributed by atoms with Crippen LogP contribution in [0.1, 0.15) is 17.3 Å². The number of thiol groups is 1. The molecular formula is C20H17F2N4O3S+. The molecule has 0 saturated carbocycles. The van der Waals surface area contributed by atoms with Crippen molar-refractivity contribution < 1.29 is 22.6 Å². The van der Waals surface area contributed by atoms with E-state index in [4.69, 9.17) is 0 Å². The van der Waals surface area contributed by atoms with Gasteiger partial charge in [0.2, 0.25) is 5.91 Å². The van der Waals surface area contributed by atoms with Gasteiger partial charge in [0.25, 0.3) is 5.91 Å². The molecule has 1 heterocycles. The van der Waals surface area contributed by atoms with E-state index in [1.165, 1.54) is 25.3 Å². The summed E-state index contributed by atoms with van der Waals surface area (Å²) in [7, 11) is -2.21. The minimum Gasteiger partial charge on any atom is -0.320 e. The van der Waals surface area contributed by atoms with Gasteiger partial charge in [0, 0.05) is 6.92 Å². The van der Waals surface area contributed by atoms with E-state index in [1.807, 2.05) is 0 Å². The van der Waals surface area contributed by atoms with E-state index in [2.05, 4.69) is 20.3 Å². The molecule has 0 fully saturated rings. The molecule has 1 atom stereocenters. The Morgan fingerprint density at radius 3 is 2.33 bits per heavy atom. The van der Waals surface area contributed by atoms with Crippen molar-refractivity contribution in [2.24, 2.45) is 0 Å². The molecule has 1 aromatic heterocycles. The Balaban J connectivity index is 1.79. The van der Waals surface area contributed by atoms with Gasteiger partial charge in [-0.05, 0) is 36.4 Å². The Hall–Kier alpha value is -3.66. The lowest BCUT2D eigenvalue weighted by Crippen LogP contribution is -2.18. The highest BCUT2D eigenvalue weighted by Gasteiger charge is 2.23. The fourth-order valence-electron chi connectivity index (χ4n) is 2.50. The van der Waals surface area contributed by atoms with Crippen LogP contribution in [0.2, 0.25) is 0 Å². The van der Waals surface area contributed by atoms with Gasteiger partial charge >= 0.3 is 0 Å². The van der Waals surface area contributed by atoms with Crippen LogP contribution in [0.15, 0.2) is 65.7 Å². The Labute approximate surface area is 173 Å². The molecular weight excluding hydrogens is 414 g/mol. The van der Waals surface area contributed by atoms with Gasteiger partial charge in [-0.1, -0.05) is 22.4 Å². The first-order valence-electron chi connectivity index (χ1n) is 8.67. The molecule has 3 rings (SSSR count). The number of nitrogens with zero attached hydrogens (tertiary/aromatic N) is 1. The predicted octanol–water partition coefficient (Wildman–Crippen LogP) is 3.65. The Bertz CT molecular complexity index is 1110. The summed E-state index contributed by atoms with van der Waals surface area (Å²) in [4.78, 5) is 27.8. The van der Waals surface area contributed by atoms with E-state index >= 15 is 0 Å². The molecule has 0 spiro atoms. The summed E-state index contributed by atoms with van der Waals surface area (Å²) in [6, 6.07) is 13.1. The van der Waals surface area contributed by atoms with Crippen LogP contribution in [0.25, 0.3) is 0 Å². The summed E-state index contributed by atoms with van der Waals surface area (Å²) in [5, 5.41) is 4.79. The maximum atomic E-state index is 14.8. The molecule has 2 aromatic carbocycles. The maximum Gasteiger partial charge on any atom is 0.261 e. The second-order valence-electron chi connectivity index (χ2n) is 6.09. The summed E-state index contributed by atoms with van der Waals surface area (Å²) in [6.45, 7) is 1.32. The van der Waals surface area contributed by atoms with Crippen LogP contribution in [-0.4, -0.2) is 16.8 Å². The van der Waals surface area contributed by atoms with Crippen LogP contribution < -0.4 is 15.4 Å². The number of pyridine rings is 1. The number of aromatic nitrogens is 1. The fraction of sp³-hybridized carbons (Fsp3) is 0.0500. The van der Waals surface area contributed by atoms with Gasteiger partial charge in [0.15, 0.2) is 21.7 Å². The van der Waals surface area contributed by atoms with Crippen molar-refractivity contribution in [3.63, 3.8) is 0 Å². The quantitative estimate of drug-likeness (QED) is 0.410. The predicted molar refractivity (Wildman–Crippen MR) is 111 cm³/mol. The van der Waals surface area contributed by atoms with Crippen molar-refractivity contribution in [2.45, 2.75) is 11.8 Å². The number of anilines is 3. The zero-order valence-electron chi connectivity index (χ0n) is 15.6. The van der Waals surface area contributed by atoms with Crippen molar-refractivity contribution in [1.29, 1.82) is 0 Å². The third-order valence-electron chi connectivity index (χ3n) is 3.86. The zero-order valence-corrected chi connectivity index (χ0v) is 16.5. The smallest absolute Gasteiger partial charge is 0.261 e. The molecule has 0 saturated heterocycles. The van der Waals surface area contributed by atoms with Crippen molar-refractivity contribution in [3.8, 4) is 0 Å². The Kier molecular flexibility index (Phi) is 6.48. The van der Waals surface area contributed by atoms with Crippen LogP contribution in [0, 0.1) is 11.6 Å². The van der Waals surface area contributed by atoms with E-state index in [9.17, 15) is 22.6 Å². The minimum absolute atomic E-state index is 0.168. The highest BCUT2D eigenvalue weighted by atomic mass is 32.2. The van der Waals surface area contributed by atoms with Crippen molar-refractivity contribution in [1.82, 2.24) is 4.98 Å². The molecule has 30 heavy (non-hydrogen) atoms. The summed E-state index contributed by atoms with van der Waals surface area (Å²) in [5.74, 6) is -3.35. The number of hydrogen-bond acceptors (Lipinski definition) is 4. The van der Waals surface area contributed by atoms with Gasteiger partial charge in [0.05, 0.1) is 11.9 Å². The number of nitrogens with one attached hydrogen (secondary N) is 3. The zero-order chi connectivity index (χ0) is 21.7. The van der Waals surface area contributed by atoms with Crippen LogP contribution in [-0.2, 0) is 20.0 Å². The number of benzene rings is 2. The monoisotopic (exact) mass is 431 g/mol. The van der Waals surface area contributed by atoms with E-state index in [-0.39, 0.29) is 23.1 Å². The van der Waals surface area contributed by atoms with E-state index in [1.54, 1.807) is 30.3 Å². The van der Waals surface area contributed by atoms with Crippen molar-refractivity contribution in [2.75, 3.05) is 15.4 Å². The van der Waals surface area contributed by atoms with Crippen LogP contribution in [0.3, 0.4) is 0 Å². The molecule has 0 aliphatic rings. The number of rotatable bonds is 6. The average Bonchev–Trinajstić information content (AvgIpc) is 2.72. The second kappa shape index (κ2) is 9.23. The Morgan fingerprint density at radius 1 is 0.967 bits per heavy atom. The van der Waals surface area contributed by atoms with Gasteiger partial charge in [-0.2, -0.15) is 0 Å². The number of hydrogen-bond donors (Lipinski definition) is 3. The van der Waals surface area contributed by atoms with Crippen LogP contribution in [0.5, 0.6) is 0 Å². The molecule has 0 aliphatic carbocycles. The third-order valence-corrected chi connectivity index (χ3v) is 5.07. The molecule has 2 amide bonds. The summed E-state index contributed by atoms with van der Waals surface area (Å²) >= 11 is 0. The standard InChI is InChI=1S/C20H16F2N4O3S/c1-12(27)24-17-10-7-13(11-23-17)25-20(28)18-15(21)8-9-16(19(18)22)26-30(29)14-5-3-2-4-6-14/h2-11H,1H3,(H,25,28)(H,26,29)(H,23,24,27)/p+1. The summed E-state index contributed by atoms with van der Waals surface area (Å²) < 4.78 is 43.8. The highest BCUT2D eigenvalue weighted by Crippen LogP contribution is 2.24. The molecule has 0 aliphatic heterocycles. The number of carbonyl (C=O) groups is 2. The molecule has 7 nitrogen and oxygen atoms in total. The summed E-state index contributed by atoms with van der Waals surface area (Å²) in [5.41, 5.74) is -0.935. The molecule has 0 bridgehead atoms. The molecule has 3 N–H and O–H groups in total. The van der Waals surface area contributed by atoms with Gasteiger partial charge in [-0.15, -0.1) is 0 Å². The molecule has 10 heteroatoms. The topological polar surface area (TPSA) is 100 Å². The lowest BCUT2D eigenvalue weighted by molar-refractivity contribution is -0.114. The maximum absolute atomic E-state index is 14.8.